The van der Waals surface area contributed by atoms with Gasteiger partial charge in [0.2, 0.25) is 0 Å². The molecule has 1 aromatic heterocycles. The van der Waals surface area contributed by atoms with Crippen molar-refractivity contribution in [3.05, 3.63) is 18.3 Å². The summed E-state index contributed by atoms with van der Waals surface area (Å²) < 4.78 is 5.66. The molecule has 0 saturated carbocycles. The number of pyridine rings is 1. The minimum atomic E-state index is 0.433. The van der Waals surface area contributed by atoms with E-state index in [9.17, 15) is 0 Å². The molecule has 2 heterocycles. The number of hydrogen-bond acceptors (Lipinski definition) is 4. The lowest BCUT2D eigenvalue weighted by Crippen LogP contribution is -2.22. The zero-order chi connectivity index (χ0) is 11.2. The predicted molar refractivity (Wildman–Crippen MR) is 65.3 cm³/mol. The number of ether oxygens (including phenoxy) is 1. The third-order valence-corrected chi connectivity index (χ3v) is 2.86. The molecule has 0 bridgehead atoms. The van der Waals surface area contributed by atoms with E-state index in [4.69, 9.17) is 10.5 Å². The Labute approximate surface area is 96.2 Å². The minimum absolute atomic E-state index is 0.433. The molecule has 0 amide bonds. The number of nitrogens with two attached hydrogens (primary N) is 1. The fourth-order valence-electron chi connectivity index (χ4n) is 1.92. The summed E-state index contributed by atoms with van der Waals surface area (Å²) in [6, 6.07) is 3.75. The van der Waals surface area contributed by atoms with Crippen LogP contribution in [0.3, 0.4) is 0 Å². The number of aromatic nitrogens is 1. The maximum absolute atomic E-state index is 5.66. The van der Waals surface area contributed by atoms with Gasteiger partial charge < -0.3 is 15.8 Å². The zero-order valence-electron chi connectivity index (χ0n) is 9.48. The van der Waals surface area contributed by atoms with Gasteiger partial charge in [-0.15, -0.1) is 0 Å². The average Bonchev–Trinajstić information content (AvgIpc) is 2.33. The van der Waals surface area contributed by atoms with Crippen LogP contribution in [0, 0.1) is 0 Å². The fraction of sp³-hybridized carbons (Fsp3) is 0.583. The number of nitrogens with one attached hydrogen (secondary N) is 1. The van der Waals surface area contributed by atoms with Crippen LogP contribution in [-0.2, 0) is 4.74 Å². The van der Waals surface area contributed by atoms with Crippen LogP contribution < -0.4 is 11.1 Å². The number of nitrogens with zero attached hydrogens (tertiary/aromatic N) is 1. The first-order valence-corrected chi connectivity index (χ1v) is 5.91. The quantitative estimate of drug-likeness (QED) is 0.816. The summed E-state index contributed by atoms with van der Waals surface area (Å²) in [6.07, 6.45) is 6.96. The average molecular weight is 221 g/mol. The van der Waals surface area contributed by atoms with E-state index in [0.717, 1.165) is 25.3 Å². The van der Waals surface area contributed by atoms with E-state index >= 15 is 0 Å². The first-order chi connectivity index (χ1) is 7.84. The van der Waals surface area contributed by atoms with E-state index in [2.05, 4.69) is 10.3 Å². The molecule has 0 radical (unpaired) electrons. The Hall–Kier alpha value is -1.29. The Morgan fingerprint density at radius 3 is 3.06 bits per heavy atom. The van der Waals surface area contributed by atoms with Gasteiger partial charge in [0, 0.05) is 13.2 Å². The summed E-state index contributed by atoms with van der Waals surface area (Å²) in [5.74, 6) is 0.557. The van der Waals surface area contributed by atoms with Crippen molar-refractivity contribution in [2.45, 2.75) is 31.8 Å². The molecule has 1 saturated heterocycles. The van der Waals surface area contributed by atoms with Crippen molar-refractivity contribution in [3.8, 4) is 0 Å². The van der Waals surface area contributed by atoms with Crippen molar-refractivity contribution >= 4 is 11.5 Å². The van der Waals surface area contributed by atoms with Gasteiger partial charge in [0.05, 0.1) is 18.0 Å². The fourth-order valence-corrected chi connectivity index (χ4v) is 1.92. The second-order valence-corrected chi connectivity index (χ2v) is 4.18. The van der Waals surface area contributed by atoms with Crippen LogP contribution in [0.25, 0.3) is 0 Å². The highest BCUT2D eigenvalue weighted by molar-refractivity contribution is 5.45. The first kappa shape index (κ1) is 11.2. The number of anilines is 2. The lowest BCUT2D eigenvalue weighted by molar-refractivity contribution is 0.0134. The molecule has 1 aliphatic rings. The minimum Gasteiger partial charge on any atom is -0.384 e. The van der Waals surface area contributed by atoms with E-state index < -0.39 is 0 Å². The van der Waals surface area contributed by atoms with Crippen molar-refractivity contribution < 1.29 is 4.74 Å². The molecular formula is C12H19N3O. The molecular weight excluding hydrogens is 202 g/mol. The van der Waals surface area contributed by atoms with Crippen molar-refractivity contribution in [2.24, 2.45) is 0 Å². The lowest BCUT2D eigenvalue weighted by Gasteiger charge is -2.22. The van der Waals surface area contributed by atoms with Gasteiger partial charge in [-0.3, -0.25) is 0 Å². The summed E-state index contributed by atoms with van der Waals surface area (Å²) in [5.41, 5.74) is 6.53. The van der Waals surface area contributed by atoms with Crippen molar-refractivity contribution in [3.63, 3.8) is 0 Å². The Morgan fingerprint density at radius 2 is 2.38 bits per heavy atom. The highest BCUT2D eigenvalue weighted by Crippen LogP contribution is 2.16. The molecule has 0 aliphatic carbocycles. The molecule has 1 aliphatic heterocycles. The summed E-state index contributed by atoms with van der Waals surface area (Å²) in [5, 5.41) is 3.32. The third-order valence-electron chi connectivity index (χ3n) is 2.86. The van der Waals surface area contributed by atoms with E-state index in [1.54, 1.807) is 12.3 Å². The van der Waals surface area contributed by atoms with Gasteiger partial charge in [0.25, 0.3) is 0 Å². The van der Waals surface area contributed by atoms with Gasteiger partial charge in [0.15, 0.2) is 0 Å². The van der Waals surface area contributed by atoms with Crippen molar-refractivity contribution in [1.29, 1.82) is 0 Å². The predicted octanol–water partition coefficient (Wildman–Crippen LogP) is 2.03. The molecule has 3 N–H and O–H groups in total. The molecule has 4 nitrogen and oxygen atoms in total. The molecule has 88 valence electrons. The van der Waals surface area contributed by atoms with Crippen LogP contribution in [0.5, 0.6) is 0 Å². The van der Waals surface area contributed by atoms with Crippen LogP contribution in [0.2, 0.25) is 0 Å². The van der Waals surface area contributed by atoms with Crippen LogP contribution in [0.4, 0.5) is 11.5 Å². The van der Waals surface area contributed by atoms with E-state index in [1.807, 2.05) is 6.07 Å². The summed E-state index contributed by atoms with van der Waals surface area (Å²) in [4.78, 5) is 4.03. The first-order valence-electron chi connectivity index (χ1n) is 5.91. The molecule has 1 atom stereocenters. The van der Waals surface area contributed by atoms with Crippen LogP contribution in [-0.4, -0.2) is 24.2 Å². The monoisotopic (exact) mass is 221 g/mol. The number of hydrogen-bond donors (Lipinski definition) is 2. The van der Waals surface area contributed by atoms with Crippen LogP contribution in [0.1, 0.15) is 25.7 Å². The topological polar surface area (TPSA) is 60.2 Å². The molecule has 4 heteroatoms. The van der Waals surface area contributed by atoms with E-state index in [-0.39, 0.29) is 0 Å². The van der Waals surface area contributed by atoms with E-state index in [0.29, 0.717) is 11.9 Å². The summed E-state index contributed by atoms with van der Waals surface area (Å²) >= 11 is 0. The maximum atomic E-state index is 5.66. The molecule has 0 spiro atoms. The summed E-state index contributed by atoms with van der Waals surface area (Å²) in [7, 11) is 0. The van der Waals surface area contributed by atoms with Crippen molar-refractivity contribution in [2.75, 3.05) is 24.2 Å². The number of nitrogen functional groups attached to an aromatic ring is 1. The zero-order valence-corrected chi connectivity index (χ0v) is 9.48. The van der Waals surface area contributed by atoms with E-state index in [1.165, 1.54) is 19.3 Å². The third kappa shape index (κ3) is 3.38. The smallest absolute Gasteiger partial charge is 0.123 e. The molecule has 2 rings (SSSR count). The SMILES string of the molecule is Nc1ccc(NCCC2CCCCO2)cn1. The Balaban J connectivity index is 1.69. The van der Waals surface area contributed by atoms with Crippen LogP contribution in [0.15, 0.2) is 18.3 Å². The Bertz CT molecular complexity index is 307. The van der Waals surface area contributed by atoms with Crippen LogP contribution >= 0.6 is 0 Å². The molecule has 1 unspecified atom stereocenters. The molecule has 1 aromatic rings. The molecule has 1 fully saturated rings. The normalized spacial score (nSPS) is 20.6. The van der Waals surface area contributed by atoms with Gasteiger partial charge in [-0.25, -0.2) is 4.98 Å². The largest absolute Gasteiger partial charge is 0.384 e. The standard InChI is InChI=1S/C12H19N3O/c13-12-5-4-10(9-15-12)14-7-6-11-3-1-2-8-16-11/h4-5,9,11,14H,1-3,6-8H2,(H2,13,15). The van der Waals surface area contributed by atoms with Gasteiger partial charge in [0.1, 0.15) is 5.82 Å². The Kier molecular flexibility index (Phi) is 3.99. The van der Waals surface area contributed by atoms with Gasteiger partial charge in [-0.1, -0.05) is 0 Å². The van der Waals surface area contributed by atoms with Crippen molar-refractivity contribution in [1.82, 2.24) is 4.98 Å². The number of rotatable bonds is 4. The van der Waals surface area contributed by atoms with Gasteiger partial charge in [-0.2, -0.15) is 0 Å². The highest BCUT2D eigenvalue weighted by atomic mass is 16.5. The van der Waals surface area contributed by atoms with Gasteiger partial charge >= 0.3 is 0 Å². The maximum Gasteiger partial charge on any atom is 0.123 e. The summed E-state index contributed by atoms with van der Waals surface area (Å²) in [6.45, 7) is 1.85. The molecule has 16 heavy (non-hydrogen) atoms. The molecule has 0 aromatic carbocycles. The second kappa shape index (κ2) is 5.70. The highest BCUT2D eigenvalue weighted by Gasteiger charge is 2.12. The lowest BCUT2D eigenvalue weighted by atomic mass is 10.1. The van der Waals surface area contributed by atoms with Gasteiger partial charge in [-0.05, 0) is 37.8 Å². The second-order valence-electron chi connectivity index (χ2n) is 4.18. The Morgan fingerprint density at radius 1 is 1.44 bits per heavy atom.